The summed E-state index contributed by atoms with van der Waals surface area (Å²) < 4.78 is 7.08. The van der Waals surface area contributed by atoms with Crippen LogP contribution in [0.1, 0.15) is 24.7 Å². The van der Waals surface area contributed by atoms with E-state index in [1.807, 2.05) is 36.2 Å². The number of hydrogen-bond acceptors (Lipinski definition) is 4. The molecule has 0 radical (unpaired) electrons. The molecule has 1 fully saturated rings. The van der Waals surface area contributed by atoms with E-state index in [0.717, 1.165) is 36.2 Å². The molecule has 1 aromatic heterocycles. The Morgan fingerprint density at radius 2 is 2.12 bits per heavy atom. The van der Waals surface area contributed by atoms with E-state index >= 15 is 0 Å². The Bertz CT molecular complexity index is 692. The average Bonchev–Trinajstić information content (AvgIpc) is 3.12. The number of halogens is 2. The van der Waals surface area contributed by atoms with Gasteiger partial charge in [0.05, 0.1) is 23.7 Å². The van der Waals surface area contributed by atoms with E-state index in [2.05, 4.69) is 4.57 Å². The van der Waals surface area contributed by atoms with Crippen molar-refractivity contribution < 1.29 is 9.53 Å². The molecule has 1 aliphatic rings. The summed E-state index contributed by atoms with van der Waals surface area (Å²) in [6.45, 7) is 0.967. The van der Waals surface area contributed by atoms with Crippen LogP contribution < -0.4 is 5.73 Å². The Labute approximate surface area is 154 Å². The lowest BCUT2D eigenvalue weighted by molar-refractivity contribution is -0.134. The standard InChI is InChI=1S/C16H22N4O2.2ClH/c1-19-13-7-4-3-6-12(13)18-15(19)14-8-5-9-20(14)16(21)11(17)10-22-2;;/h3-4,6-7,11,14H,5,8-10,17H2,1-2H3;2*1H. The van der Waals surface area contributed by atoms with Gasteiger partial charge in [-0.3, -0.25) is 4.79 Å². The number of methoxy groups -OCH3 is 1. The molecule has 1 saturated heterocycles. The van der Waals surface area contributed by atoms with Crippen LogP contribution in [0.4, 0.5) is 0 Å². The summed E-state index contributed by atoms with van der Waals surface area (Å²) in [6, 6.07) is 7.40. The molecule has 8 heteroatoms. The maximum atomic E-state index is 12.5. The number of likely N-dealkylation sites (tertiary alicyclic amines) is 1. The van der Waals surface area contributed by atoms with E-state index in [9.17, 15) is 4.79 Å². The number of imidazole rings is 1. The summed E-state index contributed by atoms with van der Waals surface area (Å²) in [5, 5.41) is 0. The Balaban J connectivity index is 0.00000144. The van der Waals surface area contributed by atoms with Crippen LogP contribution >= 0.6 is 24.8 Å². The summed E-state index contributed by atoms with van der Waals surface area (Å²) in [7, 11) is 3.56. The number of aryl methyl sites for hydroxylation is 1. The SMILES string of the molecule is COCC(N)C(=O)N1CCCC1c1nc2ccccc2n1C.Cl.Cl. The highest BCUT2D eigenvalue weighted by atomic mass is 35.5. The summed E-state index contributed by atoms with van der Waals surface area (Å²) in [4.78, 5) is 19.1. The maximum Gasteiger partial charge on any atom is 0.242 e. The lowest BCUT2D eigenvalue weighted by atomic mass is 10.2. The summed E-state index contributed by atoms with van der Waals surface area (Å²) in [5.74, 6) is 0.869. The van der Waals surface area contributed by atoms with E-state index < -0.39 is 6.04 Å². The second kappa shape index (κ2) is 8.67. The first kappa shape index (κ1) is 20.7. The molecule has 0 spiro atoms. The third-order valence-electron chi connectivity index (χ3n) is 4.32. The molecule has 134 valence electrons. The molecular weight excluding hydrogens is 351 g/mol. The minimum Gasteiger partial charge on any atom is -0.383 e. The number of fused-ring (bicyclic) bond motifs is 1. The van der Waals surface area contributed by atoms with E-state index in [1.54, 1.807) is 7.11 Å². The molecule has 6 nitrogen and oxygen atoms in total. The third kappa shape index (κ3) is 3.67. The Morgan fingerprint density at radius 1 is 1.42 bits per heavy atom. The van der Waals surface area contributed by atoms with Gasteiger partial charge >= 0.3 is 0 Å². The molecule has 2 aromatic rings. The Morgan fingerprint density at radius 3 is 2.79 bits per heavy atom. The number of benzene rings is 1. The Hall–Kier alpha value is -1.34. The fourth-order valence-electron chi connectivity index (χ4n) is 3.22. The first-order chi connectivity index (χ1) is 10.6. The minimum absolute atomic E-state index is 0. The van der Waals surface area contributed by atoms with E-state index in [1.165, 1.54) is 0 Å². The lowest BCUT2D eigenvalue weighted by Gasteiger charge is -2.26. The molecular formula is C16H24Cl2N4O2. The number of hydrogen-bond donors (Lipinski definition) is 1. The molecule has 2 N–H and O–H groups in total. The molecule has 2 heterocycles. The molecule has 0 bridgehead atoms. The van der Waals surface area contributed by atoms with Crippen LogP contribution in [0.2, 0.25) is 0 Å². The number of nitrogens with zero attached hydrogens (tertiary/aromatic N) is 3. The predicted molar refractivity (Wildman–Crippen MR) is 98.7 cm³/mol. The van der Waals surface area contributed by atoms with Gasteiger partial charge in [0.1, 0.15) is 11.9 Å². The van der Waals surface area contributed by atoms with Gasteiger partial charge in [-0.15, -0.1) is 24.8 Å². The highest BCUT2D eigenvalue weighted by molar-refractivity contribution is 5.85. The molecule has 1 aromatic carbocycles. The number of carbonyl (C=O) groups is 1. The van der Waals surface area contributed by atoms with E-state index in [4.69, 9.17) is 15.5 Å². The van der Waals surface area contributed by atoms with Crippen LogP contribution in [-0.4, -0.2) is 46.7 Å². The Kier molecular flexibility index (Phi) is 7.48. The molecule has 0 saturated carbocycles. The highest BCUT2D eigenvalue weighted by Gasteiger charge is 2.35. The molecule has 3 rings (SSSR count). The zero-order chi connectivity index (χ0) is 15.7. The van der Waals surface area contributed by atoms with Crippen molar-refractivity contribution in [3.63, 3.8) is 0 Å². The zero-order valence-electron chi connectivity index (χ0n) is 13.8. The molecule has 1 amide bonds. The van der Waals surface area contributed by atoms with Gasteiger partial charge in [0.2, 0.25) is 5.91 Å². The minimum atomic E-state index is -0.611. The highest BCUT2D eigenvalue weighted by Crippen LogP contribution is 2.33. The van der Waals surface area contributed by atoms with Crippen molar-refractivity contribution in [2.45, 2.75) is 24.9 Å². The number of aromatic nitrogens is 2. The number of amides is 1. The molecule has 0 aliphatic carbocycles. The topological polar surface area (TPSA) is 73.4 Å². The molecule has 1 aliphatic heterocycles. The smallest absolute Gasteiger partial charge is 0.242 e. The quantitative estimate of drug-likeness (QED) is 0.888. The number of rotatable bonds is 4. The monoisotopic (exact) mass is 374 g/mol. The molecule has 2 atom stereocenters. The fraction of sp³-hybridized carbons (Fsp3) is 0.500. The van der Waals surface area contributed by atoms with E-state index in [0.29, 0.717) is 0 Å². The number of nitrogens with two attached hydrogens (primary N) is 1. The largest absolute Gasteiger partial charge is 0.383 e. The van der Waals surface area contributed by atoms with Gasteiger partial charge in [0.15, 0.2) is 0 Å². The maximum absolute atomic E-state index is 12.5. The predicted octanol–water partition coefficient (Wildman–Crippen LogP) is 2.05. The van der Waals surface area contributed by atoms with Crippen molar-refractivity contribution >= 4 is 41.8 Å². The van der Waals surface area contributed by atoms with Crippen molar-refractivity contribution in [1.29, 1.82) is 0 Å². The van der Waals surface area contributed by atoms with Crippen LogP contribution in [0.5, 0.6) is 0 Å². The second-order valence-corrected chi connectivity index (χ2v) is 5.77. The molecule has 2 unspecified atom stereocenters. The van der Waals surface area contributed by atoms with Crippen molar-refractivity contribution in [2.75, 3.05) is 20.3 Å². The van der Waals surface area contributed by atoms with Crippen LogP contribution in [-0.2, 0) is 16.6 Å². The van der Waals surface area contributed by atoms with Gasteiger partial charge in [-0.25, -0.2) is 4.98 Å². The van der Waals surface area contributed by atoms with Gasteiger partial charge in [0, 0.05) is 20.7 Å². The van der Waals surface area contributed by atoms with Crippen molar-refractivity contribution in [3.05, 3.63) is 30.1 Å². The van der Waals surface area contributed by atoms with Gasteiger partial charge < -0.3 is 19.9 Å². The van der Waals surface area contributed by atoms with E-state index in [-0.39, 0.29) is 43.4 Å². The number of ether oxygens (including phenoxy) is 1. The lowest BCUT2D eigenvalue weighted by Crippen LogP contribution is -2.46. The fourth-order valence-corrected chi connectivity index (χ4v) is 3.22. The first-order valence-corrected chi connectivity index (χ1v) is 7.60. The van der Waals surface area contributed by atoms with Crippen molar-refractivity contribution in [1.82, 2.24) is 14.5 Å². The van der Waals surface area contributed by atoms with Crippen LogP contribution in [0.25, 0.3) is 11.0 Å². The van der Waals surface area contributed by atoms with Crippen LogP contribution in [0, 0.1) is 0 Å². The second-order valence-electron chi connectivity index (χ2n) is 5.77. The van der Waals surface area contributed by atoms with Gasteiger partial charge in [-0.1, -0.05) is 12.1 Å². The summed E-state index contributed by atoms with van der Waals surface area (Å²) >= 11 is 0. The molecule has 24 heavy (non-hydrogen) atoms. The zero-order valence-corrected chi connectivity index (χ0v) is 15.5. The summed E-state index contributed by atoms with van der Waals surface area (Å²) in [6.07, 6.45) is 1.89. The first-order valence-electron chi connectivity index (χ1n) is 7.60. The van der Waals surface area contributed by atoms with Crippen molar-refractivity contribution in [3.8, 4) is 0 Å². The van der Waals surface area contributed by atoms with Gasteiger partial charge in [0.25, 0.3) is 0 Å². The van der Waals surface area contributed by atoms with Gasteiger partial charge in [-0.05, 0) is 25.0 Å². The normalized spacial score (nSPS) is 18.1. The third-order valence-corrected chi connectivity index (χ3v) is 4.32. The summed E-state index contributed by atoms with van der Waals surface area (Å²) in [5.41, 5.74) is 7.96. The van der Waals surface area contributed by atoms with Crippen molar-refractivity contribution in [2.24, 2.45) is 12.8 Å². The van der Waals surface area contributed by atoms with Crippen LogP contribution in [0.3, 0.4) is 0 Å². The van der Waals surface area contributed by atoms with Crippen LogP contribution in [0.15, 0.2) is 24.3 Å². The average molecular weight is 375 g/mol. The van der Waals surface area contributed by atoms with Gasteiger partial charge in [-0.2, -0.15) is 0 Å². The number of carbonyl (C=O) groups excluding carboxylic acids is 1. The number of para-hydroxylation sites is 2.